The average Bonchev–Trinajstić information content (AvgIpc) is 3.16. The van der Waals surface area contributed by atoms with Gasteiger partial charge in [-0.1, -0.05) is 140 Å². The molecule has 0 spiro atoms. The Balaban J connectivity index is 4.66. The standard InChI is InChI=1S/C41H74O14P2/c1-4-6-28-37(42)29-24-20-16-11-9-7-8-10-12-17-21-25-30-40(44)51-34-39(35-54-57(49,50)53-33-38(43)32-52-56(46,47)48)55-41(45)31-26-22-18-14-13-15-19-23-27-36(3)5-2/h7-8,11-12,16-17,24,29,36-39,42-43H,4-6,9-10,13-15,18-23,25-28,30-35H2,1-3H3,(H,49,50)(H2,46,47,48)/b8-7-,16-11-,17-12-,29-24-/t36?,37-,38-,39+/m0/s1. The van der Waals surface area contributed by atoms with Crippen LogP contribution in [0.2, 0.25) is 0 Å². The molecule has 2 unspecified atom stereocenters. The number of carbonyl (C=O) groups is 2. The number of ether oxygens (including phenoxy) is 2. The number of hydrogen-bond donors (Lipinski definition) is 5. The van der Waals surface area contributed by atoms with E-state index in [-0.39, 0.29) is 18.9 Å². The predicted molar refractivity (Wildman–Crippen MR) is 222 cm³/mol. The minimum Gasteiger partial charge on any atom is -0.462 e. The molecular weight excluding hydrogens is 778 g/mol. The number of phosphoric ester groups is 2. The van der Waals surface area contributed by atoms with E-state index in [1.54, 1.807) is 0 Å². The molecule has 332 valence electrons. The lowest BCUT2D eigenvalue weighted by Gasteiger charge is -2.20. The Morgan fingerprint density at radius 3 is 1.77 bits per heavy atom. The minimum atomic E-state index is -4.87. The van der Waals surface area contributed by atoms with Crippen LogP contribution in [-0.4, -0.2) is 81.6 Å². The number of unbranched alkanes of at least 4 members (excludes halogenated alkanes) is 9. The lowest BCUT2D eigenvalue weighted by molar-refractivity contribution is -0.161. The summed E-state index contributed by atoms with van der Waals surface area (Å²) in [5.74, 6) is -0.344. The van der Waals surface area contributed by atoms with Crippen molar-refractivity contribution in [1.29, 1.82) is 0 Å². The van der Waals surface area contributed by atoms with Crippen LogP contribution in [0.1, 0.15) is 149 Å². The molecule has 0 aromatic heterocycles. The van der Waals surface area contributed by atoms with Crippen molar-refractivity contribution in [1.82, 2.24) is 0 Å². The van der Waals surface area contributed by atoms with Crippen molar-refractivity contribution in [2.24, 2.45) is 5.92 Å². The van der Waals surface area contributed by atoms with Crippen LogP contribution in [0.5, 0.6) is 0 Å². The highest BCUT2D eigenvalue weighted by Crippen LogP contribution is 2.43. The molecule has 57 heavy (non-hydrogen) atoms. The number of aliphatic hydroxyl groups is 2. The third-order valence-electron chi connectivity index (χ3n) is 8.82. The van der Waals surface area contributed by atoms with E-state index >= 15 is 0 Å². The molecule has 0 aromatic carbocycles. The molecule has 0 amide bonds. The van der Waals surface area contributed by atoms with Gasteiger partial charge in [-0.15, -0.1) is 0 Å². The molecule has 0 aliphatic heterocycles. The monoisotopic (exact) mass is 852 g/mol. The Hall–Kier alpha value is -1.96. The molecule has 0 heterocycles. The van der Waals surface area contributed by atoms with Crippen molar-refractivity contribution >= 4 is 27.6 Å². The summed E-state index contributed by atoms with van der Waals surface area (Å²) in [6.45, 7) is 3.81. The fraction of sp³-hybridized carbons (Fsp3) is 0.756. The molecule has 0 saturated heterocycles. The van der Waals surface area contributed by atoms with Gasteiger partial charge in [0.15, 0.2) is 6.10 Å². The fourth-order valence-electron chi connectivity index (χ4n) is 5.22. The number of rotatable bonds is 38. The van der Waals surface area contributed by atoms with E-state index in [1.165, 1.54) is 32.1 Å². The SMILES string of the molecule is CCCC[C@H](O)/C=C\C/C=C\C/C=C\C/C=C\CCCC(=O)OC[C@H](COP(=O)(O)OC[C@@H](O)COP(=O)(O)O)OC(=O)CCCCCCCCCCC(C)CC. The summed E-state index contributed by atoms with van der Waals surface area (Å²) >= 11 is 0. The van der Waals surface area contributed by atoms with Gasteiger partial charge in [-0.2, -0.15) is 0 Å². The van der Waals surface area contributed by atoms with Gasteiger partial charge in [0.25, 0.3) is 0 Å². The molecular formula is C41H74O14P2. The second kappa shape index (κ2) is 35.9. The van der Waals surface area contributed by atoms with Crippen molar-refractivity contribution in [2.75, 3.05) is 26.4 Å². The molecule has 0 saturated carbocycles. The van der Waals surface area contributed by atoms with Crippen molar-refractivity contribution in [3.8, 4) is 0 Å². The first kappa shape index (κ1) is 55.0. The molecule has 5 atom stereocenters. The summed E-state index contributed by atoms with van der Waals surface area (Å²) < 4.78 is 47.6. The van der Waals surface area contributed by atoms with E-state index in [0.717, 1.165) is 70.1 Å². The maximum atomic E-state index is 12.6. The molecule has 0 radical (unpaired) electrons. The molecule has 0 aliphatic rings. The second-order valence-electron chi connectivity index (χ2n) is 14.3. The van der Waals surface area contributed by atoms with Gasteiger partial charge >= 0.3 is 27.6 Å². The molecule has 0 bridgehead atoms. The smallest absolute Gasteiger partial charge is 0.462 e. The van der Waals surface area contributed by atoms with Gasteiger partial charge in [-0.25, -0.2) is 9.13 Å². The van der Waals surface area contributed by atoms with Crippen LogP contribution in [0.15, 0.2) is 48.6 Å². The molecule has 0 rings (SSSR count). The third-order valence-corrected chi connectivity index (χ3v) is 10.3. The highest BCUT2D eigenvalue weighted by atomic mass is 31.2. The topological polar surface area (TPSA) is 216 Å². The Bertz CT molecular complexity index is 1230. The van der Waals surface area contributed by atoms with Crippen LogP contribution in [0.3, 0.4) is 0 Å². The number of carbonyl (C=O) groups excluding carboxylic acids is 2. The summed E-state index contributed by atoms with van der Waals surface area (Å²) in [7, 11) is -9.69. The third kappa shape index (κ3) is 39.3. The maximum Gasteiger partial charge on any atom is 0.472 e. The van der Waals surface area contributed by atoms with Crippen LogP contribution in [0, 0.1) is 5.92 Å². The maximum absolute atomic E-state index is 12.6. The van der Waals surface area contributed by atoms with Crippen LogP contribution < -0.4 is 0 Å². The molecule has 0 fully saturated rings. The van der Waals surface area contributed by atoms with E-state index in [2.05, 4.69) is 54.1 Å². The first-order chi connectivity index (χ1) is 27.2. The molecule has 0 aliphatic carbocycles. The zero-order valence-corrected chi connectivity index (χ0v) is 36.5. The van der Waals surface area contributed by atoms with Crippen molar-refractivity contribution in [3.05, 3.63) is 48.6 Å². The van der Waals surface area contributed by atoms with E-state index in [0.29, 0.717) is 19.3 Å². The lowest BCUT2D eigenvalue weighted by Crippen LogP contribution is -2.30. The van der Waals surface area contributed by atoms with Gasteiger partial charge < -0.3 is 34.4 Å². The number of allylic oxidation sites excluding steroid dienone is 7. The van der Waals surface area contributed by atoms with Crippen LogP contribution in [-0.2, 0) is 41.8 Å². The predicted octanol–water partition coefficient (Wildman–Crippen LogP) is 9.11. The molecule has 16 heteroatoms. The summed E-state index contributed by atoms with van der Waals surface area (Å²) in [5, 5.41) is 19.5. The normalized spacial score (nSPS) is 15.7. The fourth-order valence-corrected chi connectivity index (χ4v) is 6.37. The average molecular weight is 853 g/mol. The largest absolute Gasteiger partial charge is 0.472 e. The van der Waals surface area contributed by atoms with Crippen LogP contribution >= 0.6 is 15.6 Å². The first-order valence-corrected chi connectivity index (χ1v) is 23.8. The molecule has 0 aromatic rings. The van der Waals surface area contributed by atoms with Crippen LogP contribution in [0.25, 0.3) is 0 Å². The van der Waals surface area contributed by atoms with Crippen LogP contribution in [0.4, 0.5) is 0 Å². The number of aliphatic hydroxyl groups excluding tert-OH is 2. The van der Waals surface area contributed by atoms with Crippen molar-refractivity contribution in [3.63, 3.8) is 0 Å². The zero-order chi connectivity index (χ0) is 42.6. The summed E-state index contributed by atoms with van der Waals surface area (Å²) in [5.41, 5.74) is 0. The van der Waals surface area contributed by atoms with E-state index in [4.69, 9.17) is 23.8 Å². The highest BCUT2D eigenvalue weighted by Gasteiger charge is 2.28. The second-order valence-corrected chi connectivity index (χ2v) is 17.0. The Kier molecular flexibility index (Phi) is 34.7. The van der Waals surface area contributed by atoms with Gasteiger partial charge in [0.2, 0.25) is 0 Å². The van der Waals surface area contributed by atoms with Gasteiger partial charge in [0, 0.05) is 12.8 Å². The Morgan fingerprint density at radius 1 is 0.614 bits per heavy atom. The van der Waals surface area contributed by atoms with Crippen molar-refractivity contribution < 1.29 is 66.7 Å². The lowest BCUT2D eigenvalue weighted by atomic mass is 9.99. The summed E-state index contributed by atoms with van der Waals surface area (Å²) in [6, 6.07) is 0. The van der Waals surface area contributed by atoms with Gasteiger partial charge in [-0.3, -0.25) is 23.2 Å². The number of phosphoric acid groups is 2. The van der Waals surface area contributed by atoms with E-state index in [1.807, 2.05) is 24.3 Å². The zero-order valence-electron chi connectivity index (χ0n) is 34.7. The van der Waals surface area contributed by atoms with Gasteiger partial charge in [0.1, 0.15) is 12.7 Å². The quantitative estimate of drug-likeness (QED) is 0.0170. The highest BCUT2D eigenvalue weighted by molar-refractivity contribution is 7.47. The number of esters is 2. The number of hydrogen-bond acceptors (Lipinski definition) is 11. The Labute approximate surface area is 342 Å². The van der Waals surface area contributed by atoms with E-state index in [9.17, 15) is 33.8 Å². The van der Waals surface area contributed by atoms with E-state index < -0.39 is 66.2 Å². The molecule has 5 N–H and O–H groups in total. The summed E-state index contributed by atoms with van der Waals surface area (Å²) in [4.78, 5) is 52.5. The molecule has 14 nitrogen and oxygen atoms in total. The first-order valence-electron chi connectivity index (χ1n) is 20.8. The Morgan fingerprint density at radius 2 is 1.16 bits per heavy atom. The van der Waals surface area contributed by atoms with Crippen molar-refractivity contribution in [2.45, 2.75) is 167 Å². The summed E-state index contributed by atoms with van der Waals surface area (Å²) in [6.07, 6.45) is 30.3. The minimum absolute atomic E-state index is 0.102. The van der Waals surface area contributed by atoms with Gasteiger partial charge in [-0.05, 0) is 50.9 Å². The van der Waals surface area contributed by atoms with Gasteiger partial charge in [0.05, 0.1) is 25.9 Å².